The zero-order valence-corrected chi connectivity index (χ0v) is 26.4. The molecule has 0 spiro atoms. The Hall–Kier alpha value is -5.08. The molecule has 0 aliphatic rings. The highest BCUT2D eigenvalue weighted by molar-refractivity contribution is 5.55. The van der Waals surface area contributed by atoms with Crippen LogP contribution in [0.25, 0.3) is 0 Å². The summed E-state index contributed by atoms with van der Waals surface area (Å²) >= 11 is 0. The monoisotopic (exact) mass is 586 g/mol. The zero-order chi connectivity index (χ0) is 30.8. The van der Waals surface area contributed by atoms with Crippen LogP contribution in [0.4, 0.5) is 11.4 Å². The summed E-state index contributed by atoms with van der Waals surface area (Å²) in [4.78, 5) is 4.96. The van der Waals surface area contributed by atoms with Crippen molar-refractivity contribution in [2.45, 2.75) is 46.4 Å². The van der Waals surface area contributed by atoms with E-state index in [2.05, 4.69) is 181 Å². The van der Waals surface area contributed by atoms with Crippen molar-refractivity contribution < 1.29 is 0 Å². The van der Waals surface area contributed by atoms with Gasteiger partial charge in [-0.3, -0.25) is 0 Å². The summed E-state index contributed by atoms with van der Waals surface area (Å²) in [6, 6.07) is 57.1. The number of anilines is 2. The van der Waals surface area contributed by atoms with Gasteiger partial charge in [-0.05, 0) is 89.0 Å². The molecule has 6 aromatic carbocycles. The first-order valence-corrected chi connectivity index (χ1v) is 16.0. The first-order chi connectivity index (χ1) is 22.1. The number of aryl methyl sites for hydroxylation is 2. The molecular weight excluding hydrogens is 544 g/mol. The van der Waals surface area contributed by atoms with Gasteiger partial charge in [0.25, 0.3) is 0 Å². The number of hydrogen-bond acceptors (Lipinski definition) is 2. The molecule has 224 valence electrons. The molecule has 0 saturated heterocycles. The van der Waals surface area contributed by atoms with Crippen molar-refractivity contribution in [3.05, 3.63) is 202 Å². The van der Waals surface area contributed by atoms with Crippen molar-refractivity contribution in [2.24, 2.45) is 0 Å². The minimum Gasteiger partial charge on any atom is -0.363 e. The maximum Gasteiger partial charge on any atom is 0.0433 e. The maximum atomic E-state index is 2.48. The number of hydrogen-bond donors (Lipinski definition) is 0. The second-order valence-electron chi connectivity index (χ2n) is 12.1. The average molecular weight is 587 g/mol. The molecule has 0 heterocycles. The lowest BCUT2D eigenvalue weighted by Gasteiger charge is -2.27. The second kappa shape index (κ2) is 14.6. The van der Waals surface area contributed by atoms with Gasteiger partial charge >= 0.3 is 0 Å². The van der Waals surface area contributed by atoms with Crippen LogP contribution in [0, 0.1) is 13.8 Å². The second-order valence-corrected chi connectivity index (χ2v) is 12.1. The van der Waals surface area contributed by atoms with E-state index in [4.69, 9.17) is 0 Å². The fraction of sp³-hybridized carbons (Fsp3) is 0.163. The van der Waals surface area contributed by atoms with Crippen LogP contribution in [-0.2, 0) is 32.6 Å². The summed E-state index contributed by atoms with van der Waals surface area (Å²) in [6.45, 7) is 8.00. The van der Waals surface area contributed by atoms with Crippen molar-refractivity contribution in [3.8, 4) is 0 Å². The largest absolute Gasteiger partial charge is 0.363 e. The van der Waals surface area contributed by atoms with E-state index >= 15 is 0 Å². The molecule has 0 fully saturated rings. The molecule has 0 aromatic heterocycles. The van der Waals surface area contributed by atoms with Crippen LogP contribution < -0.4 is 9.80 Å². The van der Waals surface area contributed by atoms with Crippen LogP contribution >= 0.6 is 0 Å². The third-order valence-electron chi connectivity index (χ3n) is 8.63. The lowest BCUT2D eigenvalue weighted by molar-refractivity contribution is 0.798. The third kappa shape index (κ3) is 8.10. The molecule has 0 aliphatic heterocycles. The average Bonchev–Trinajstić information content (AvgIpc) is 3.08. The molecule has 0 amide bonds. The molecule has 0 saturated carbocycles. The van der Waals surface area contributed by atoms with E-state index in [1.54, 1.807) is 0 Å². The summed E-state index contributed by atoms with van der Waals surface area (Å²) in [5.74, 6) is 0. The highest BCUT2D eigenvalue weighted by Crippen LogP contribution is 2.28. The molecule has 6 rings (SSSR count). The van der Waals surface area contributed by atoms with Gasteiger partial charge in [-0.1, -0.05) is 133 Å². The Morgan fingerprint density at radius 3 is 0.911 bits per heavy atom. The topological polar surface area (TPSA) is 6.48 Å². The predicted octanol–water partition coefficient (Wildman–Crippen LogP) is 10.3. The van der Waals surface area contributed by atoms with E-state index in [0.29, 0.717) is 0 Å². The number of benzene rings is 6. The highest BCUT2D eigenvalue weighted by Gasteiger charge is 2.14. The molecule has 0 N–H and O–H groups in total. The van der Waals surface area contributed by atoms with Crippen molar-refractivity contribution >= 4 is 11.4 Å². The van der Waals surface area contributed by atoms with Crippen LogP contribution in [0.2, 0.25) is 0 Å². The summed E-state index contributed by atoms with van der Waals surface area (Å²) in [7, 11) is 0. The minimum absolute atomic E-state index is 0.873. The molecule has 0 radical (unpaired) electrons. The van der Waals surface area contributed by atoms with Gasteiger partial charge < -0.3 is 9.80 Å². The molecule has 6 aromatic rings. The Labute approximate surface area is 269 Å². The van der Waals surface area contributed by atoms with Crippen molar-refractivity contribution in [3.63, 3.8) is 0 Å². The van der Waals surface area contributed by atoms with Crippen LogP contribution in [0.15, 0.2) is 158 Å². The van der Waals surface area contributed by atoms with E-state index in [1.807, 2.05) is 0 Å². The molecule has 45 heavy (non-hydrogen) atoms. The Morgan fingerprint density at radius 2 is 0.644 bits per heavy atom. The Balaban J connectivity index is 1.22. The highest BCUT2D eigenvalue weighted by atomic mass is 15.1. The smallest absolute Gasteiger partial charge is 0.0433 e. The number of nitrogens with zero attached hydrogens (tertiary/aromatic N) is 2. The molecular formula is C43H42N2. The summed E-state index contributed by atoms with van der Waals surface area (Å²) in [5, 5.41) is 0. The van der Waals surface area contributed by atoms with Crippen molar-refractivity contribution in [2.75, 3.05) is 9.80 Å². The lowest BCUT2D eigenvalue weighted by Crippen LogP contribution is -2.22. The van der Waals surface area contributed by atoms with E-state index in [9.17, 15) is 0 Å². The van der Waals surface area contributed by atoms with Gasteiger partial charge in [-0.15, -0.1) is 0 Å². The van der Waals surface area contributed by atoms with Crippen LogP contribution in [0.5, 0.6) is 0 Å². The Bertz CT molecular complexity index is 1560. The van der Waals surface area contributed by atoms with Crippen molar-refractivity contribution in [1.82, 2.24) is 0 Å². The van der Waals surface area contributed by atoms with Gasteiger partial charge in [0.1, 0.15) is 0 Å². The minimum atomic E-state index is 0.873. The van der Waals surface area contributed by atoms with Gasteiger partial charge in [0.2, 0.25) is 0 Å². The summed E-state index contributed by atoms with van der Waals surface area (Å²) < 4.78 is 0. The van der Waals surface area contributed by atoms with E-state index in [0.717, 1.165) is 32.6 Å². The number of rotatable bonds is 12. The molecule has 0 aliphatic carbocycles. The Kier molecular flexibility index (Phi) is 9.72. The van der Waals surface area contributed by atoms with Gasteiger partial charge in [-0.2, -0.15) is 0 Å². The summed E-state index contributed by atoms with van der Waals surface area (Å²) in [5.41, 5.74) is 13.2. The maximum absolute atomic E-state index is 2.48. The fourth-order valence-electron chi connectivity index (χ4n) is 6.05. The predicted molar refractivity (Wildman–Crippen MR) is 191 cm³/mol. The zero-order valence-electron chi connectivity index (χ0n) is 26.4. The first-order valence-electron chi connectivity index (χ1n) is 16.0. The molecule has 0 bridgehead atoms. The van der Waals surface area contributed by atoms with Crippen molar-refractivity contribution in [1.29, 1.82) is 0 Å². The molecule has 0 unspecified atom stereocenters. The van der Waals surface area contributed by atoms with E-state index < -0.39 is 0 Å². The molecule has 2 nitrogen and oxygen atoms in total. The quantitative estimate of drug-likeness (QED) is 0.141. The van der Waals surface area contributed by atoms with Crippen LogP contribution in [0.1, 0.15) is 44.5 Å². The fourth-order valence-corrected chi connectivity index (χ4v) is 6.05. The molecule has 0 atom stereocenters. The van der Waals surface area contributed by atoms with Gasteiger partial charge in [0, 0.05) is 37.6 Å². The standard InChI is InChI=1S/C43H42N2/c1-34-27-42(44(30-36-15-7-3-8-16-36)31-37-17-9-4-10-18-37)25-23-40(34)29-41-24-26-43(28-35(41)2)45(32-38-19-11-5-12-20-38)33-39-21-13-6-14-22-39/h3-28H,29-33H2,1-2H3. The van der Waals surface area contributed by atoms with Crippen LogP contribution in [-0.4, -0.2) is 0 Å². The molecule has 2 heteroatoms. The van der Waals surface area contributed by atoms with E-state index in [-0.39, 0.29) is 0 Å². The van der Waals surface area contributed by atoms with Gasteiger partial charge in [-0.25, -0.2) is 0 Å². The van der Waals surface area contributed by atoms with Gasteiger partial charge in [0.15, 0.2) is 0 Å². The SMILES string of the molecule is Cc1cc(N(Cc2ccccc2)Cc2ccccc2)ccc1Cc1ccc(N(Cc2ccccc2)Cc2ccccc2)cc1C. The Morgan fingerprint density at radius 1 is 0.356 bits per heavy atom. The third-order valence-corrected chi connectivity index (χ3v) is 8.63. The normalized spacial score (nSPS) is 10.9. The first kappa shape index (κ1) is 30.0. The summed E-state index contributed by atoms with van der Waals surface area (Å²) in [6.07, 6.45) is 0.924. The van der Waals surface area contributed by atoms with Gasteiger partial charge in [0.05, 0.1) is 0 Å². The van der Waals surface area contributed by atoms with E-state index in [1.165, 1.54) is 55.9 Å². The lowest BCUT2D eigenvalue weighted by atomic mass is 9.96. The van der Waals surface area contributed by atoms with Crippen LogP contribution in [0.3, 0.4) is 0 Å².